The fourth-order valence-corrected chi connectivity index (χ4v) is 3.90. The van der Waals surface area contributed by atoms with E-state index in [-0.39, 0.29) is 12.3 Å². The molecule has 0 unspecified atom stereocenters. The van der Waals surface area contributed by atoms with E-state index in [2.05, 4.69) is 16.1 Å². The molecule has 0 spiro atoms. The molecule has 34 heavy (non-hydrogen) atoms. The van der Waals surface area contributed by atoms with Gasteiger partial charge in [-0.05, 0) is 41.0 Å². The summed E-state index contributed by atoms with van der Waals surface area (Å²) >= 11 is 0. The lowest BCUT2D eigenvalue weighted by Gasteiger charge is -2.22. The summed E-state index contributed by atoms with van der Waals surface area (Å²) in [6.07, 6.45) is 0.0890. The molecular formula is C25H24N4O5. The van der Waals surface area contributed by atoms with Gasteiger partial charge in [0.1, 0.15) is 11.3 Å². The predicted molar refractivity (Wildman–Crippen MR) is 125 cm³/mol. The zero-order valence-corrected chi connectivity index (χ0v) is 18.8. The number of methoxy groups -OCH3 is 1. The van der Waals surface area contributed by atoms with E-state index in [1.165, 1.54) is 7.11 Å². The van der Waals surface area contributed by atoms with E-state index in [1.807, 2.05) is 42.5 Å². The lowest BCUT2D eigenvalue weighted by Crippen LogP contribution is -2.50. The lowest BCUT2D eigenvalue weighted by molar-refractivity contribution is -0.138. The smallest absolute Gasteiger partial charge is 0.344 e. The van der Waals surface area contributed by atoms with Crippen LogP contribution in [0.2, 0.25) is 0 Å². The molecule has 3 aromatic carbocycles. The molecular weight excluding hydrogens is 436 g/mol. The number of hydrogen-bond donors (Lipinski definition) is 3. The number of rotatable bonds is 7. The zero-order chi connectivity index (χ0) is 24.3. The number of ether oxygens (including phenoxy) is 1. The molecule has 0 aliphatic carbocycles. The molecule has 9 heteroatoms. The van der Waals surface area contributed by atoms with E-state index >= 15 is 0 Å². The molecule has 3 aromatic rings. The minimum Gasteiger partial charge on any atom is -0.497 e. The first kappa shape index (κ1) is 22.8. The van der Waals surface area contributed by atoms with E-state index in [4.69, 9.17) is 4.74 Å². The summed E-state index contributed by atoms with van der Waals surface area (Å²) in [6.45, 7) is 1.15. The van der Waals surface area contributed by atoms with Crippen molar-refractivity contribution in [3.63, 3.8) is 0 Å². The maximum absolute atomic E-state index is 13.0. The lowest BCUT2D eigenvalue weighted by atomic mass is 9.92. The molecule has 1 saturated heterocycles. The number of hydrogen-bond acceptors (Lipinski definition) is 5. The molecule has 4 rings (SSSR count). The summed E-state index contributed by atoms with van der Waals surface area (Å²) in [4.78, 5) is 50.2. The first-order valence-electron chi connectivity index (χ1n) is 10.7. The number of hydrazine groups is 1. The van der Waals surface area contributed by atoms with Gasteiger partial charge in [-0.1, -0.05) is 54.6 Å². The molecule has 174 valence electrons. The maximum Gasteiger partial charge on any atom is 0.344 e. The van der Waals surface area contributed by atoms with Crippen molar-refractivity contribution >= 4 is 34.5 Å². The Morgan fingerprint density at radius 1 is 1.00 bits per heavy atom. The summed E-state index contributed by atoms with van der Waals surface area (Å²) in [5, 5.41) is 7.73. The van der Waals surface area contributed by atoms with Gasteiger partial charge in [0.25, 0.3) is 11.8 Å². The Bertz CT molecular complexity index is 1290. The first-order chi connectivity index (χ1) is 16.3. The van der Waals surface area contributed by atoms with Gasteiger partial charge in [-0.3, -0.25) is 19.8 Å². The zero-order valence-electron chi connectivity index (χ0n) is 18.8. The summed E-state index contributed by atoms with van der Waals surface area (Å²) in [6, 6.07) is 19.4. The van der Waals surface area contributed by atoms with E-state index in [0.717, 1.165) is 16.3 Å². The van der Waals surface area contributed by atoms with Crippen LogP contribution in [0.3, 0.4) is 0 Å². The average molecular weight is 460 g/mol. The van der Waals surface area contributed by atoms with Crippen molar-refractivity contribution in [2.24, 2.45) is 0 Å². The molecule has 0 aromatic heterocycles. The van der Waals surface area contributed by atoms with Gasteiger partial charge in [-0.2, -0.15) is 5.01 Å². The Labute approximate surface area is 196 Å². The van der Waals surface area contributed by atoms with Gasteiger partial charge < -0.3 is 15.4 Å². The van der Waals surface area contributed by atoms with E-state index in [0.29, 0.717) is 16.3 Å². The van der Waals surface area contributed by atoms with Gasteiger partial charge in [0, 0.05) is 0 Å². The number of benzene rings is 3. The normalized spacial score (nSPS) is 17.4. The maximum atomic E-state index is 13.0. The monoisotopic (exact) mass is 460 g/mol. The minimum absolute atomic E-state index is 0.0890. The van der Waals surface area contributed by atoms with Crippen LogP contribution in [-0.2, 0) is 26.3 Å². The van der Waals surface area contributed by atoms with Crippen LogP contribution in [0, 0.1) is 0 Å². The van der Waals surface area contributed by atoms with E-state index < -0.39 is 29.9 Å². The Morgan fingerprint density at radius 3 is 2.53 bits per heavy atom. The summed E-state index contributed by atoms with van der Waals surface area (Å²) < 4.78 is 5.19. The molecule has 5 amide bonds. The fourth-order valence-electron chi connectivity index (χ4n) is 3.90. The van der Waals surface area contributed by atoms with Crippen molar-refractivity contribution in [1.82, 2.24) is 21.1 Å². The van der Waals surface area contributed by atoms with Gasteiger partial charge >= 0.3 is 6.03 Å². The standard InChI is InChI=1S/C25H24N4O5/c1-25(18-10-6-11-19(14-18)34-2)23(32)29(24(33)27-25)28-22(31)15-26-21(30)13-17-9-5-8-16-7-3-4-12-20(16)17/h3-12,14H,13,15H2,1-2H3,(H,26,30)(H,27,33)(H,28,31)/t25-/m0/s1. The fraction of sp³-hybridized carbons (Fsp3) is 0.200. The first-order valence-corrected chi connectivity index (χ1v) is 10.7. The number of amides is 5. The van der Waals surface area contributed by atoms with Gasteiger partial charge in [-0.15, -0.1) is 0 Å². The third-order valence-electron chi connectivity index (χ3n) is 5.75. The highest BCUT2D eigenvalue weighted by molar-refractivity contribution is 6.08. The van der Waals surface area contributed by atoms with Crippen LogP contribution in [0.4, 0.5) is 4.79 Å². The van der Waals surface area contributed by atoms with Crippen molar-refractivity contribution in [3.05, 3.63) is 77.9 Å². The quantitative estimate of drug-likeness (QED) is 0.467. The topological polar surface area (TPSA) is 117 Å². The second-order valence-electron chi connectivity index (χ2n) is 8.05. The summed E-state index contributed by atoms with van der Waals surface area (Å²) in [5.41, 5.74) is 2.23. The largest absolute Gasteiger partial charge is 0.497 e. The number of fused-ring (bicyclic) bond motifs is 1. The SMILES string of the molecule is COc1cccc([C@]2(C)NC(=O)N(NC(=O)CNC(=O)Cc3cccc4ccccc34)C2=O)c1. The molecule has 1 fully saturated rings. The van der Waals surface area contributed by atoms with E-state index in [9.17, 15) is 19.2 Å². The summed E-state index contributed by atoms with van der Waals surface area (Å²) in [5.74, 6) is -1.19. The molecule has 0 radical (unpaired) electrons. The molecule has 1 aliphatic rings. The van der Waals surface area contributed by atoms with Crippen molar-refractivity contribution in [2.75, 3.05) is 13.7 Å². The predicted octanol–water partition coefficient (Wildman–Crippen LogP) is 2.01. The highest BCUT2D eigenvalue weighted by Crippen LogP contribution is 2.30. The third kappa shape index (κ3) is 4.40. The number of carbonyl (C=O) groups is 4. The molecule has 3 N–H and O–H groups in total. The Morgan fingerprint density at radius 2 is 1.74 bits per heavy atom. The van der Waals surface area contributed by atoms with Crippen LogP contribution >= 0.6 is 0 Å². The Kier molecular flexibility index (Phi) is 6.18. The van der Waals surface area contributed by atoms with Crippen LogP contribution < -0.4 is 20.8 Å². The number of nitrogens with one attached hydrogen (secondary N) is 3. The third-order valence-corrected chi connectivity index (χ3v) is 5.75. The molecule has 0 bridgehead atoms. The van der Waals surface area contributed by atoms with Crippen LogP contribution in [0.15, 0.2) is 66.7 Å². The van der Waals surface area contributed by atoms with Crippen LogP contribution in [-0.4, -0.2) is 42.4 Å². The van der Waals surface area contributed by atoms with Gasteiger partial charge in [0.2, 0.25) is 5.91 Å². The second kappa shape index (κ2) is 9.22. The summed E-state index contributed by atoms with van der Waals surface area (Å²) in [7, 11) is 1.50. The van der Waals surface area contributed by atoms with Gasteiger partial charge in [0.05, 0.1) is 20.1 Å². The van der Waals surface area contributed by atoms with Crippen molar-refractivity contribution < 1.29 is 23.9 Å². The second-order valence-corrected chi connectivity index (χ2v) is 8.05. The number of carbonyl (C=O) groups excluding carboxylic acids is 4. The van der Waals surface area contributed by atoms with Crippen molar-refractivity contribution in [2.45, 2.75) is 18.9 Å². The molecule has 9 nitrogen and oxygen atoms in total. The van der Waals surface area contributed by atoms with Crippen LogP contribution in [0.1, 0.15) is 18.1 Å². The van der Waals surface area contributed by atoms with Gasteiger partial charge in [0.15, 0.2) is 0 Å². The Balaban J connectivity index is 1.36. The molecule has 0 saturated carbocycles. The van der Waals surface area contributed by atoms with Crippen molar-refractivity contribution in [3.8, 4) is 5.75 Å². The highest BCUT2D eigenvalue weighted by Gasteiger charge is 2.50. The van der Waals surface area contributed by atoms with Crippen LogP contribution in [0.5, 0.6) is 5.75 Å². The average Bonchev–Trinajstić information content (AvgIpc) is 3.07. The number of nitrogens with zero attached hydrogens (tertiary/aromatic N) is 1. The van der Waals surface area contributed by atoms with Crippen LogP contribution in [0.25, 0.3) is 10.8 Å². The minimum atomic E-state index is -1.38. The van der Waals surface area contributed by atoms with Crippen molar-refractivity contribution in [1.29, 1.82) is 0 Å². The highest BCUT2D eigenvalue weighted by atomic mass is 16.5. The number of imide groups is 1. The molecule has 1 heterocycles. The molecule has 1 atom stereocenters. The number of urea groups is 1. The van der Waals surface area contributed by atoms with E-state index in [1.54, 1.807) is 31.2 Å². The molecule has 1 aliphatic heterocycles. The Hall–Kier alpha value is -4.40. The van der Waals surface area contributed by atoms with Gasteiger partial charge in [-0.25, -0.2) is 4.79 Å².